The van der Waals surface area contributed by atoms with Gasteiger partial charge in [-0.05, 0) is 43.0 Å². The molecule has 2 N–H and O–H groups in total. The number of piperazine rings is 1. The maximum Gasteiger partial charge on any atom is 0.282 e. The van der Waals surface area contributed by atoms with Crippen molar-refractivity contribution in [1.29, 1.82) is 0 Å². The number of anilines is 2. The number of nitrogens with zero attached hydrogens (tertiary/aromatic N) is 1. The number of halogens is 1. The van der Waals surface area contributed by atoms with E-state index in [1.807, 2.05) is 43.3 Å². The Hall–Kier alpha value is -2.04. The molecular weight excluding hydrogens is 370 g/mol. The first-order valence-electron chi connectivity index (χ1n) is 10.2. The van der Waals surface area contributed by atoms with Gasteiger partial charge in [-0.25, -0.2) is 0 Å². The highest BCUT2D eigenvalue weighted by Crippen LogP contribution is 2.27. The Kier molecular flexibility index (Phi) is 6.97. The number of quaternary nitrogens is 1. The maximum absolute atomic E-state index is 12.9. The zero-order valence-electron chi connectivity index (χ0n) is 17.0. The van der Waals surface area contributed by atoms with Crippen LogP contribution in [0.3, 0.4) is 0 Å². The Labute approximate surface area is 173 Å². The van der Waals surface area contributed by atoms with Gasteiger partial charge in [-0.2, -0.15) is 0 Å². The van der Waals surface area contributed by atoms with Gasteiger partial charge in [0.2, 0.25) is 0 Å². The molecule has 1 amide bonds. The Morgan fingerprint density at radius 1 is 1.11 bits per heavy atom. The van der Waals surface area contributed by atoms with Crippen molar-refractivity contribution in [3.8, 4) is 0 Å². The Morgan fingerprint density at radius 2 is 1.75 bits per heavy atom. The van der Waals surface area contributed by atoms with E-state index in [2.05, 4.69) is 36.2 Å². The first-order chi connectivity index (χ1) is 13.5. The molecule has 1 aliphatic heterocycles. The van der Waals surface area contributed by atoms with Crippen molar-refractivity contribution < 1.29 is 9.69 Å². The average Bonchev–Trinajstić information content (AvgIpc) is 2.73. The number of amides is 1. The molecule has 1 fully saturated rings. The molecule has 1 heterocycles. The highest BCUT2D eigenvalue weighted by atomic mass is 35.5. The van der Waals surface area contributed by atoms with Crippen molar-refractivity contribution in [2.75, 3.05) is 36.4 Å². The summed E-state index contributed by atoms with van der Waals surface area (Å²) in [6.07, 6.45) is 1.05. The van der Waals surface area contributed by atoms with E-state index in [9.17, 15) is 4.79 Å². The van der Waals surface area contributed by atoms with E-state index in [1.54, 1.807) is 0 Å². The van der Waals surface area contributed by atoms with E-state index in [0.29, 0.717) is 5.92 Å². The predicted molar refractivity (Wildman–Crippen MR) is 118 cm³/mol. The summed E-state index contributed by atoms with van der Waals surface area (Å²) in [6.45, 7) is 10.1. The molecule has 1 saturated heterocycles. The summed E-state index contributed by atoms with van der Waals surface area (Å²) in [5.41, 5.74) is 3.25. The molecule has 0 aromatic heterocycles. The van der Waals surface area contributed by atoms with E-state index in [1.165, 1.54) is 10.5 Å². The van der Waals surface area contributed by atoms with Crippen LogP contribution in [0.15, 0.2) is 48.5 Å². The number of para-hydroxylation sites is 2. The van der Waals surface area contributed by atoms with Crippen LogP contribution in [0.2, 0.25) is 5.02 Å². The van der Waals surface area contributed by atoms with Crippen molar-refractivity contribution in [2.24, 2.45) is 0 Å². The normalized spacial score (nSPS) is 17.2. The second-order valence-corrected chi connectivity index (χ2v) is 8.11. The minimum Gasteiger partial charge on any atom is -0.359 e. The average molecular weight is 401 g/mol. The summed E-state index contributed by atoms with van der Waals surface area (Å²) in [7, 11) is 0. The molecule has 150 valence electrons. The summed E-state index contributed by atoms with van der Waals surface area (Å²) in [4.78, 5) is 16.5. The number of nitrogens with one attached hydrogen (secondary N) is 2. The van der Waals surface area contributed by atoms with E-state index in [0.717, 1.165) is 49.0 Å². The number of hydrogen-bond donors (Lipinski definition) is 2. The van der Waals surface area contributed by atoms with Crippen LogP contribution in [0.4, 0.5) is 11.4 Å². The predicted octanol–water partition coefficient (Wildman–Crippen LogP) is 3.59. The molecule has 0 radical (unpaired) electrons. The maximum atomic E-state index is 12.9. The first kappa shape index (κ1) is 20.7. The van der Waals surface area contributed by atoms with Gasteiger partial charge in [-0.3, -0.25) is 4.79 Å². The molecule has 2 aromatic carbocycles. The fourth-order valence-electron chi connectivity index (χ4n) is 3.86. The molecule has 0 bridgehead atoms. The SMILES string of the molecule is CC[C@@H](C)c1ccccc1NC(=O)[C@@H](C)[NH+]1CCN(c2ccccc2Cl)CC1. The smallest absolute Gasteiger partial charge is 0.282 e. The molecule has 3 rings (SSSR count). The van der Waals surface area contributed by atoms with Gasteiger partial charge in [0.15, 0.2) is 6.04 Å². The minimum absolute atomic E-state index is 0.0848. The third kappa shape index (κ3) is 4.68. The molecule has 4 nitrogen and oxygen atoms in total. The Balaban J connectivity index is 1.60. The number of rotatable bonds is 6. The second kappa shape index (κ2) is 9.44. The van der Waals surface area contributed by atoms with Crippen molar-refractivity contribution in [2.45, 2.75) is 39.2 Å². The zero-order chi connectivity index (χ0) is 20.1. The van der Waals surface area contributed by atoms with Crippen LogP contribution in [0, 0.1) is 0 Å². The van der Waals surface area contributed by atoms with Gasteiger partial charge < -0.3 is 15.1 Å². The summed E-state index contributed by atoms with van der Waals surface area (Å²) < 4.78 is 0. The lowest BCUT2D eigenvalue weighted by atomic mass is 9.97. The molecule has 1 aliphatic rings. The molecule has 0 spiro atoms. The molecular formula is C23H31ClN3O+. The van der Waals surface area contributed by atoms with Crippen molar-refractivity contribution in [3.63, 3.8) is 0 Å². The number of carbonyl (C=O) groups is 1. The van der Waals surface area contributed by atoms with Gasteiger partial charge >= 0.3 is 0 Å². The van der Waals surface area contributed by atoms with Crippen LogP contribution in [0.25, 0.3) is 0 Å². The van der Waals surface area contributed by atoms with Crippen LogP contribution in [0.1, 0.15) is 38.7 Å². The molecule has 2 atom stereocenters. The standard InChI is InChI=1S/C23H30ClN3O/c1-4-17(2)19-9-5-7-11-21(19)25-23(28)18(3)26-13-15-27(16-14-26)22-12-8-6-10-20(22)24/h5-12,17-18H,4,13-16H2,1-3H3,(H,25,28)/p+1/t17-,18-/m1/s1. The van der Waals surface area contributed by atoms with Gasteiger partial charge in [-0.1, -0.05) is 55.8 Å². The number of carbonyl (C=O) groups excluding carboxylic acids is 1. The largest absolute Gasteiger partial charge is 0.359 e. The summed E-state index contributed by atoms with van der Waals surface area (Å²) in [5, 5.41) is 3.97. The van der Waals surface area contributed by atoms with Gasteiger partial charge in [0, 0.05) is 5.69 Å². The molecule has 2 aromatic rings. The van der Waals surface area contributed by atoms with Crippen molar-refractivity contribution >= 4 is 28.9 Å². The van der Waals surface area contributed by atoms with Crippen LogP contribution in [-0.2, 0) is 4.79 Å². The summed E-state index contributed by atoms with van der Waals surface area (Å²) >= 11 is 6.34. The van der Waals surface area contributed by atoms with Crippen molar-refractivity contribution in [3.05, 3.63) is 59.1 Å². The molecule has 28 heavy (non-hydrogen) atoms. The van der Waals surface area contributed by atoms with Gasteiger partial charge in [0.25, 0.3) is 5.91 Å². The highest BCUT2D eigenvalue weighted by molar-refractivity contribution is 6.33. The van der Waals surface area contributed by atoms with Crippen LogP contribution >= 0.6 is 11.6 Å². The summed E-state index contributed by atoms with van der Waals surface area (Å²) in [6, 6.07) is 16.0. The third-order valence-electron chi connectivity index (χ3n) is 5.97. The lowest BCUT2D eigenvalue weighted by Gasteiger charge is -2.36. The Bertz CT molecular complexity index is 802. The van der Waals surface area contributed by atoms with Crippen molar-refractivity contribution in [1.82, 2.24) is 0 Å². The zero-order valence-corrected chi connectivity index (χ0v) is 17.8. The topological polar surface area (TPSA) is 36.8 Å². The van der Waals surface area contributed by atoms with Gasteiger partial charge in [0.05, 0.1) is 36.9 Å². The molecule has 5 heteroatoms. The third-order valence-corrected chi connectivity index (χ3v) is 6.29. The minimum atomic E-state index is -0.0848. The Morgan fingerprint density at radius 3 is 2.43 bits per heavy atom. The summed E-state index contributed by atoms with van der Waals surface area (Å²) in [5.74, 6) is 0.523. The first-order valence-corrected chi connectivity index (χ1v) is 10.6. The fraction of sp³-hybridized carbons (Fsp3) is 0.435. The number of benzene rings is 2. The lowest BCUT2D eigenvalue weighted by molar-refractivity contribution is -0.914. The van der Waals surface area contributed by atoms with E-state index in [-0.39, 0.29) is 11.9 Å². The molecule has 0 aliphatic carbocycles. The lowest BCUT2D eigenvalue weighted by Crippen LogP contribution is -3.19. The van der Waals surface area contributed by atoms with Crippen LogP contribution in [-0.4, -0.2) is 38.1 Å². The fourth-order valence-corrected chi connectivity index (χ4v) is 4.12. The highest BCUT2D eigenvalue weighted by Gasteiger charge is 2.30. The molecule has 0 saturated carbocycles. The quantitative estimate of drug-likeness (QED) is 0.777. The van der Waals surface area contributed by atoms with Crippen LogP contribution in [0.5, 0.6) is 0 Å². The van der Waals surface area contributed by atoms with E-state index >= 15 is 0 Å². The molecule has 0 unspecified atom stereocenters. The van der Waals surface area contributed by atoms with Gasteiger partial charge in [0.1, 0.15) is 0 Å². The van der Waals surface area contributed by atoms with E-state index in [4.69, 9.17) is 11.6 Å². The second-order valence-electron chi connectivity index (χ2n) is 7.70. The number of hydrogen-bond acceptors (Lipinski definition) is 2. The van der Waals surface area contributed by atoms with Crippen LogP contribution < -0.4 is 15.1 Å². The van der Waals surface area contributed by atoms with E-state index < -0.39 is 0 Å². The monoisotopic (exact) mass is 400 g/mol. The van der Waals surface area contributed by atoms with Gasteiger partial charge in [-0.15, -0.1) is 0 Å².